The normalized spacial score (nSPS) is 11.4. The first-order chi connectivity index (χ1) is 8.35. The molecule has 0 saturated carbocycles. The zero-order chi connectivity index (χ0) is 13.8. The predicted octanol–water partition coefficient (Wildman–Crippen LogP) is 1.75. The van der Waals surface area contributed by atoms with Crippen molar-refractivity contribution in [3.63, 3.8) is 0 Å². The number of rotatable bonds is 5. The van der Waals surface area contributed by atoms with Gasteiger partial charge in [0.2, 0.25) is 5.91 Å². The predicted molar refractivity (Wildman–Crippen MR) is 66.0 cm³/mol. The molecule has 0 aromatic heterocycles. The van der Waals surface area contributed by atoms with E-state index in [0.29, 0.717) is 6.54 Å². The highest BCUT2D eigenvalue weighted by Crippen LogP contribution is 2.13. The topological polar surface area (TPSA) is 55.1 Å². The minimum atomic E-state index is -0.893. The van der Waals surface area contributed by atoms with Crippen LogP contribution in [0.25, 0.3) is 0 Å². The second-order valence-corrected chi connectivity index (χ2v) is 4.85. The molecule has 0 saturated heterocycles. The molecule has 0 atom stereocenters. The van der Waals surface area contributed by atoms with Gasteiger partial charge >= 0.3 is 0 Å². The number of nitrogens with one attached hydrogen (secondary N) is 1. The Balaban J connectivity index is 2.56. The number of halogens is 2. The summed E-state index contributed by atoms with van der Waals surface area (Å²) in [5, 5.41) is 2.73. The Morgan fingerprint density at radius 1 is 1.39 bits per heavy atom. The molecule has 0 aliphatic rings. The van der Waals surface area contributed by atoms with Crippen molar-refractivity contribution in [1.29, 1.82) is 0 Å². The fourth-order valence-corrected chi connectivity index (χ4v) is 1.48. The molecule has 1 aromatic carbocycles. The summed E-state index contributed by atoms with van der Waals surface area (Å²) < 4.78 is 26.3. The van der Waals surface area contributed by atoms with Gasteiger partial charge in [0.15, 0.2) is 11.6 Å². The number of carbonyl (C=O) groups is 1. The maximum absolute atomic E-state index is 13.3. The van der Waals surface area contributed by atoms with Crippen LogP contribution in [-0.2, 0) is 11.2 Å². The van der Waals surface area contributed by atoms with E-state index < -0.39 is 17.2 Å². The van der Waals surface area contributed by atoms with E-state index in [0.717, 1.165) is 6.07 Å². The van der Waals surface area contributed by atoms with E-state index in [-0.39, 0.29) is 24.3 Å². The third kappa shape index (κ3) is 4.07. The van der Waals surface area contributed by atoms with E-state index in [9.17, 15) is 13.6 Å². The maximum Gasteiger partial charge on any atom is 0.220 e. The summed E-state index contributed by atoms with van der Waals surface area (Å²) in [6.45, 7) is 3.91. The van der Waals surface area contributed by atoms with Crippen LogP contribution < -0.4 is 11.1 Å². The van der Waals surface area contributed by atoms with Crippen LogP contribution in [0, 0.1) is 11.6 Å². The summed E-state index contributed by atoms with van der Waals surface area (Å²) in [6, 6.07) is 3.95. The molecule has 3 nitrogen and oxygen atoms in total. The van der Waals surface area contributed by atoms with Crippen molar-refractivity contribution in [2.75, 3.05) is 6.54 Å². The van der Waals surface area contributed by atoms with Crippen molar-refractivity contribution in [2.45, 2.75) is 32.2 Å². The molecule has 0 aliphatic heterocycles. The number of benzene rings is 1. The van der Waals surface area contributed by atoms with Crippen LogP contribution in [0.5, 0.6) is 0 Å². The molecule has 0 spiro atoms. The smallest absolute Gasteiger partial charge is 0.220 e. The lowest BCUT2D eigenvalue weighted by atomic mass is 10.0. The molecule has 5 heteroatoms. The van der Waals surface area contributed by atoms with Crippen molar-refractivity contribution in [3.8, 4) is 0 Å². The summed E-state index contributed by atoms with van der Waals surface area (Å²) in [5.74, 6) is -2.01. The number of nitrogens with two attached hydrogens (primary N) is 1. The maximum atomic E-state index is 13.3. The van der Waals surface area contributed by atoms with Gasteiger partial charge in [-0.05, 0) is 31.9 Å². The third-order valence-electron chi connectivity index (χ3n) is 2.64. The summed E-state index contributed by atoms with van der Waals surface area (Å²) >= 11 is 0. The van der Waals surface area contributed by atoms with Crippen LogP contribution in [-0.4, -0.2) is 18.0 Å². The molecule has 0 aliphatic carbocycles. The number of carbonyl (C=O) groups excluding carboxylic acids is 1. The van der Waals surface area contributed by atoms with Crippen LogP contribution in [0.3, 0.4) is 0 Å². The highest BCUT2D eigenvalue weighted by Gasteiger charge is 2.18. The largest absolute Gasteiger partial charge is 0.350 e. The molecule has 1 rings (SSSR count). The summed E-state index contributed by atoms with van der Waals surface area (Å²) in [5.41, 5.74) is 5.20. The van der Waals surface area contributed by atoms with Gasteiger partial charge in [-0.2, -0.15) is 0 Å². The third-order valence-corrected chi connectivity index (χ3v) is 2.64. The Morgan fingerprint density at radius 2 is 2.06 bits per heavy atom. The summed E-state index contributed by atoms with van der Waals surface area (Å²) in [7, 11) is 0. The molecule has 100 valence electrons. The van der Waals surface area contributed by atoms with Gasteiger partial charge in [-0.25, -0.2) is 8.78 Å². The Hall–Kier alpha value is -1.49. The fourth-order valence-electron chi connectivity index (χ4n) is 1.48. The first kappa shape index (κ1) is 14.6. The van der Waals surface area contributed by atoms with Gasteiger partial charge < -0.3 is 11.1 Å². The fraction of sp³-hybridized carbons (Fsp3) is 0.462. The van der Waals surface area contributed by atoms with Gasteiger partial charge in [-0.1, -0.05) is 12.1 Å². The van der Waals surface area contributed by atoms with Crippen LogP contribution in [0.15, 0.2) is 18.2 Å². The van der Waals surface area contributed by atoms with Crippen LogP contribution in [0.2, 0.25) is 0 Å². The van der Waals surface area contributed by atoms with E-state index >= 15 is 0 Å². The minimum Gasteiger partial charge on any atom is -0.350 e. The molecule has 18 heavy (non-hydrogen) atoms. The standard InChI is InChI=1S/C13H18F2N2O/c1-13(2,8-16)17-11(18)7-6-9-4-3-5-10(14)12(9)15/h3-5H,6-8,16H2,1-2H3,(H,17,18). The van der Waals surface area contributed by atoms with Crippen molar-refractivity contribution >= 4 is 5.91 Å². The Kier molecular flexibility index (Phi) is 4.78. The van der Waals surface area contributed by atoms with E-state index in [1.165, 1.54) is 12.1 Å². The van der Waals surface area contributed by atoms with E-state index in [4.69, 9.17) is 5.73 Å². The molecule has 1 aromatic rings. The van der Waals surface area contributed by atoms with Crippen LogP contribution in [0.4, 0.5) is 8.78 Å². The highest BCUT2D eigenvalue weighted by atomic mass is 19.2. The lowest BCUT2D eigenvalue weighted by Gasteiger charge is -2.24. The minimum absolute atomic E-state index is 0.101. The van der Waals surface area contributed by atoms with Gasteiger partial charge in [0.1, 0.15) is 0 Å². The molecule has 0 heterocycles. The van der Waals surface area contributed by atoms with Crippen molar-refractivity contribution in [1.82, 2.24) is 5.32 Å². The quantitative estimate of drug-likeness (QED) is 0.843. The van der Waals surface area contributed by atoms with Crippen molar-refractivity contribution in [2.24, 2.45) is 5.73 Å². The average molecular weight is 256 g/mol. The Morgan fingerprint density at radius 3 is 2.67 bits per heavy atom. The number of amides is 1. The zero-order valence-corrected chi connectivity index (χ0v) is 10.6. The van der Waals surface area contributed by atoms with Gasteiger partial charge in [-0.3, -0.25) is 4.79 Å². The lowest BCUT2D eigenvalue weighted by Crippen LogP contribution is -2.48. The number of hydrogen-bond donors (Lipinski definition) is 2. The summed E-state index contributed by atoms with van der Waals surface area (Å²) in [6.07, 6.45) is 0.264. The van der Waals surface area contributed by atoms with Crippen molar-refractivity contribution in [3.05, 3.63) is 35.4 Å². The molecule has 0 radical (unpaired) electrons. The monoisotopic (exact) mass is 256 g/mol. The van der Waals surface area contributed by atoms with E-state index in [2.05, 4.69) is 5.32 Å². The molecular formula is C13H18F2N2O. The summed E-state index contributed by atoms with van der Waals surface area (Å²) in [4.78, 5) is 11.6. The van der Waals surface area contributed by atoms with Gasteiger partial charge in [-0.15, -0.1) is 0 Å². The number of aryl methyl sites for hydroxylation is 1. The average Bonchev–Trinajstić information content (AvgIpc) is 2.30. The van der Waals surface area contributed by atoms with Crippen LogP contribution >= 0.6 is 0 Å². The lowest BCUT2D eigenvalue weighted by molar-refractivity contribution is -0.122. The van der Waals surface area contributed by atoms with Crippen LogP contribution in [0.1, 0.15) is 25.8 Å². The van der Waals surface area contributed by atoms with Gasteiger partial charge in [0.05, 0.1) is 0 Å². The molecule has 0 fully saturated rings. The second kappa shape index (κ2) is 5.91. The molecule has 0 unspecified atom stereocenters. The SMILES string of the molecule is CC(C)(CN)NC(=O)CCc1cccc(F)c1F. The highest BCUT2D eigenvalue weighted by molar-refractivity contribution is 5.77. The molecule has 0 bridgehead atoms. The van der Waals surface area contributed by atoms with Crippen molar-refractivity contribution < 1.29 is 13.6 Å². The van der Waals surface area contributed by atoms with Gasteiger partial charge in [0, 0.05) is 18.5 Å². The Bertz CT molecular complexity index is 433. The first-order valence-corrected chi connectivity index (χ1v) is 5.80. The molecule has 3 N–H and O–H groups in total. The second-order valence-electron chi connectivity index (χ2n) is 4.85. The van der Waals surface area contributed by atoms with Gasteiger partial charge in [0.25, 0.3) is 0 Å². The zero-order valence-electron chi connectivity index (χ0n) is 10.6. The van der Waals surface area contributed by atoms with E-state index in [1.807, 2.05) is 0 Å². The molecule has 1 amide bonds. The number of hydrogen-bond acceptors (Lipinski definition) is 2. The van der Waals surface area contributed by atoms with E-state index in [1.54, 1.807) is 13.8 Å². The molecular weight excluding hydrogens is 238 g/mol. The Labute approximate surface area is 105 Å². The first-order valence-electron chi connectivity index (χ1n) is 5.80.